The average molecular weight is 613 g/mol. The Morgan fingerprint density at radius 2 is 1.86 bits per heavy atom. The maximum Gasteiger partial charge on any atom is 0.349 e. The molecule has 3 aromatic rings. The predicted octanol–water partition coefficient (Wildman–Crippen LogP) is 1.01. The number of amides is 3. The van der Waals surface area contributed by atoms with Crippen LogP contribution in [0.2, 0.25) is 0 Å². The SMILES string of the molecule is COC(=O)C1Oc2cc(ccc2OC)C(=O)NC(C(C)C)CN(C(=O)c2cnc3cnn(C)c3c2)CC(=O)N[C@H]1C.O=CO. The topological polar surface area (TPSA) is 191 Å². The molecule has 2 bridgehead atoms. The summed E-state index contributed by atoms with van der Waals surface area (Å²) in [7, 11) is 4.37. The highest BCUT2D eigenvalue weighted by Crippen LogP contribution is 2.30. The normalized spacial score (nSPS) is 19.0. The summed E-state index contributed by atoms with van der Waals surface area (Å²) in [5, 5.41) is 16.8. The number of ether oxygens (including phenoxy) is 3. The molecule has 4 rings (SSSR count). The molecule has 1 aliphatic heterocycles. The number of carbonyl (C=O) groups is 5. The van der Waals surface area contributed by atoms with Gasteiger partial charge in [0.2, 0.25) is 12.0 Å². The minimum absolute atomic E-state index is 0.0351. The van der Waals surface area contributed by atoms with Crippen LogP contribution in [0.1, 0.15) is 41.5 Å². The van der Waals surface area contributed by atoms with Crippen molar-refractivity contribution in [2.24, 2.45) is 13.0 Å². The van der Waals surface area contributed by atoms with Crippen LogP contribution in [0.5, 0.6) is 11.5 Å². The number of fused-ring (bicyclic) bond motifs is 3. The number of esters is 1. The molecule has 0 saturated carbocycles. The summed E-state index contributed by atoms with van der Waals surface area (Å²) in [6.45, 7) is 4.83. The Labute approximate surface area is 253 Å². The fourth-order valence-corrected chi connectivity index (χ4v) is 4.52. The summed E-state index contributed by atoms with van der Waals surface area (Å²) in [6.07, 6.45) is 1.75. The van der Waals surface area contributed by atoms with Crippen LogP contribution in [-0.4, -0.2) is 100 Å². The summed E-state index contributed by atoms with van der Waals surface area (Å²) in [6, 6.07) is 4.86. The van der Waals surface area contributed by atoms with Crippen LogP contribution in [0.15, 0.2) is 36.7 Å². The van der Waals surface area contributed by atoms with E-state index in [1.165, 1.54) is 31.4 Å². The second-order valence-corrected chi connectivity index (χ2v) is 10.3. The van der Waals surface area contributed by atoms with E-state index in [1.54, 1.807) is 43.0 Å². The lowest BCUT2D eigenvalue weighted by molar-refractivity contribution is -0.150. The number of carboxylic acid groups (broad SMARTS) is 1. The number of methoxy groups -OCH3 is 2. The van der Waals surface area contributed by atoms with Gasteiger partial charge in [-0.05, 0) is 37.1 Å². The third-order valence-electron chi connectivity index (χ3n) is 6.96. The van der Waals surface area contributed by atoms with Gasteiger partial charge in [0.15, 0.2) is 11.5 Å². The van der Waals surface area contributed by atoms with Crippen LogP contribution >= 0.6 is 0 Å². The van der Waals surface area contributed by atoms with Crippen LogP contribution < -0.4 is 20.1 Å². The molecule has 1 aromatic carbocycles. The van der Waals surface area contributed by atoms with Crippen LogP contribution in [0.4, 0.5) is 0 Å². The second kappa shape index (κ2) is 14.8. The van der Waals surface area contributed by atoms with Gasteiger partial charge in [0.05, 0.1) is 44.1 Å². The molecule has 2 unspecified atom stereocenters. The summed E-state index contributed by atoms with van der Waals surface area (Å²) in [5.41, 5.74) is 1.79. The van der Waals surface area contributed by atoms with Gasteiger partial charge in [-0.1, -0.05) is 13.8 Å². The lowest BCUT2D eigenvalue weighted by atomic mass is 10.0. The number of aromatic nitrogens is 3. The molecule has 0 aliphatic carbocycles. The lowest BCUT2D eigenvalue weighted by Gasteiger charge is -2.31. The van der Waals surface area contributed by atoms with Crippen LogP contribution in [-0.2, 0) is 26.2 Å². The Hall–Kier alpha value is -5.21. The van der Waals surface area contributed by atoms with Gasteiger partial charge in [-0.3, -0.25) is 28.8 Å². The van der Waals surface area contributed by atoms with E-state index in [0.29, 0.717) is 11.0 Å². The zero-order valence-corrected chi connectivity index (χ0v) is 25.3. The third-order valence-corrected chi connectivity index (χ3v) is 6.96. The average Bonchev–Trinajstić information content (AvgIpc) is 3.37. The molecular formula is C29H36N6O9. The van der Waals surface area contributed by atoms with Gasteiger partial charge < -0.3 is 34.9 Å². The van der Waals surface area contributed by atoms with E-state index in [-0.39, 0.29) is 48.1 Å². The summed E-state index contributed by atoms with van der Waals surface area (Å²) < 4.78 is 17.8. The van der Waals surface area contributed by atoms with Gasteiger partial charge in [-0.15, -0.1) is 0 Å². The van der Waals surface area contributed by atoms with Crippen molar-refractivity contribution < 1.29 is 43.3 Å². The summed E-state index contributed by atoms with van der Waals surface area (Å²) >= 11 is 0. The third kappa shape index (κ3) is 7.79. The van der Waals surface area contributed by atoms with E-state index in [2.05, 4.69) is 20.7 Å². The monoisotopic (exact) mass is 612 g/mol. The van der Waals surface area contributed by atoms with Crippen LogP contribution in [0, 0.1) is 5.92 Å². The smallest absolute Gasteiger partial charge is 0.349 e. The number of hydrogen-bond acceptors (Lipinski definition) is 10. The zero-order chi connectivity index (χ0) is 32.6. The highest BCUT2D eigenvalue weighted by Gasteiger charge is 2.33. The molecule has 0 radical (unpaired) electrons. The molecule has 0 spiro atoms. The fourth-order valence-electron chi connectivity index (χ4n) is 4.52. The zero-order valence-electron chi connectivity index (χ0n) is 25.3. The van der Waals surface area contributed by atoms with Gasteiger partial charge in [-0.25, -0.2) is 4.79 Å². The van der Waals surface area contributed by atoms with E-state index in [9.17, 15) is 19.2 Å². The van der Waals surface area contributed by atoms with Gasteiger partial charge >= 0.3 is 5.97 Å². The molecule has 15 nitrogen and oxygen atoms in total. The number of benzene rings is 1. The van der Waals surface area contributed by atoms with Gasteiger partial charge in [-0.2, -0.15) is 5.10 Å². The maximum absolute atomic E-state index is 13.8. The Morgan fingerprint density at radius 1 is 1.16 bits per heavy atom. The standard InChI is InChI=1S/C28H34N6O7.CH2O2/c1-15(2)20-13-34(27(37)18-9-21-19(29-11-18)12-30-33(21)4)14-24(35)31-16(3)25(28(38)40-6)41-23-10-17(26(36)32-20)7-8-22(23)39-5;2-1-3/h7-12,15-16,20,25H,13-14H2,1-6H3,(H,31,35)(H,32,36);1H,(H,2,3)/t16-,20?,25?;/m0./s1. The molecule has 3 atom stereocenters. The quantitative estimate of drug-likeness (QED) is 0.281. The van der Waals surface area contributed by atoms with E-state index in [4.69, 9.17) is 24.1 Å². The predicted molar refractivity (Wildman–Crippen MR) is 156 cm³/mol. The number of hydrogen-bond donors (Lipinski definition) is 3. The molecule has 44 heavy (non-hydrogen) atoms. The van der Waals surface area contributed by atoms with Crippen LogP contribution in [0.3, 0.4) is 0 Å². The number of rotatable bonds is 4. The van der Waals surface area contributed by atoms with Crippen molar-refractivity contribution >= 4 is 41.2 Å². The molecule has 1 aliphatic rings. The molecule has 3 amide bonds. The van der Waals surface area contributed by atoms with E-state index in [1.807, 2.05) is 13.8 Å². The van der Waals surface area contributed by atoms with Crippen molar-refractivity contribution in [3.05, 3.63) is 47.8 Å². The lowest BCUT2D eigenvalue weighted by Crippen LogP contribution is -2.54. The van der Waals surface area contributed by atoms with Crippen molar-refractivity contribution in [2.75, 3.05) is 27.3 Å². The fraction of sp³-hybridized carbons (Fsp3) is 0.414. The number of carbonyl (C=O) groups excluding carboxylic acids is 4. The van der Waals surface area contributed by atoms with E-state index < -0.39 is 41.9 Å². The largest absolute Gasteiger partial charge is 0.493 e. The number of pyridine rings is 1. The molecule has 15 heteroatoms. The first-order valence-corrected chi connectivity index (χ1v) is 13.6. The number of nitrogens with zero attached hydrogens (tertiary/aromatic N) is 4. The first-order chi connectivity index (χ1) is 20.9. The first-order valence-electron chi connectivity index (χ1n) is 13.6. The van der Waals surface area contributed by atoms with Crippen molar-refractivity contribution in [2.45, 2.75) is 39.0 Å². The van der Waals surface area contributed by atoms with Gasteiger partial charge in [0, 0.05) is 31.4 Å². The van der Waals surface area contributed by atoms with E-state index >= 15 is 0 Å². The Bertz CT molecular complexity index is 1520. The molecular weight excluding hydrogens is 576 g/mol. The van der Waals surface area contributed by atoms with Gasteiger partial charge in [0.25, 0.3) is 18.3 Å². The Morgan fingerprint density at radius 3 is 2.50 bits per heavy atom. The Balaban J connectivity index is 0.00000169. The first kappa shape index (κ1) is 33.3. The molecule has 3 N–H and O–H groups in total. The van der Waals surface area contributed by atoms with Crippen molar-refractivity contribution in [1.29, 1.82) is 0 Å². The maximum atomic E-state index is 13.8. The van der Waals surface area contributed by atoms with Gasteiger partial charge in [0.1, 0.15) is 5.52 Å². The second-order valence-electron chi connectivity index (χ2n) is 10.3. The number of nitrogens with one attached hydrogen (secondary N) is 2. The van der Waals surface area contributed by atoms with Crippen molar-refractivity contribution in [3.8, 4) is 11.5 Å². The Kier molecular flexibility index (Phi) is 11.2. The molecule has 2 aromatic heterocycles. The van der Waals surface area contributed by atoms with Crippen molar-refractivity contribution in [1.82, 2.24) is 30.3 Å². The molecule has 0 fully saturated rings. The minimum Gasteiger partial charge on any atom is -0.493 e. The molecule has 0 saturated heterocycles. The highest BCUT2D eigenvalue weighted by molar-refractivity contribution is 5.99. The molecule has 3 heterocycles. The summed E-state index contributed by atoms with van der Waals surface area (Å²) in [4.78, 5) is 67.1. The van der Waals surface area contributed by atoms with Crippen molar-refractivity contribution in [3.63, 3.8) is 0 Å². The minimum atomic E-state index is -1.27. The molecule has 236 valence electrons. The highest BCUT2D eigenvalue weighted by atomic mass is 16.6. The summed E-state index contributed by atoms with van der Waals surface area (Å²) in [5.74, 6) is -1.84. The van der Waals surface area contributed by atoms with E-state index in [0.717, 1.165) is 0 Å². The number of aryl methyl sites for hydroxylation is 1. The van der Waals surface area contributed by atoms with Crippen LogP contribution in [0.25, 0.3) is 11.0 Å².